The molecular weight excluding hydrogens is 544 g/mol. The number of carbonyl (C=O) groups is 4. The highest BCUT2D eigenvalue weighted by atomic mass is 32.2. The highest BCUT2D eigenvalue weighted by Crippen LogP contribution is 2.19. The van der Waals surface area contributed by atoms with Crippen LogP contribution in [0.25, 0.3) is 0 Å². The number of amides is 4. The molecule has 1 aliphatic rings. The van der Waals surface area contributed by atoms with Crippen LogP contribution >= 0.6 is 11.8 Å². The summed E-state index contributed by atoms with van der Waals surface area (Å²) in [5, 5.41) is 1.99. The summed E-state index contributed by atoms with van der Waals surface area (Å²) in [5.74, 6) is -0.128. The Morgan fingerprint density at radius 3 is 2.39 bits per heavy atom. The maximum Gasteiger partial charge on any atom is 0.408 e. The van der Waals surface area contributed by atoms with E-state index in [1.165, 1.54) is 5.56 Å². The standard InChI is InChI=1S/C30H40N4O6S/c1-5-6-17-39-24-13-11-21(12-14-24)18-25(31-28(37)40-30(2,3)4)27(36)32-33-29(38)41-20-26(35)34-16-15-22-9-7-8-10-23(22)19-34/h7-14,25H,5-6,15-20H2,1-4H3,(H,31,37)(H,32,36)(H,33,38)/t25-/m0/s1. The molecule has 2 aromatic rings. The molecule has 0 fully saturated rings. The normalized spacial score (nSPS) is 13.4. The summed E-state index contributed by atoms with van der Waals surface area (Å²) in [6, 6.07) is 14.2. The van der Waals surface area contributed by atoms with Gasteiger partial charge in [-0.3, -0.25) is 25.2 Å². The minimum absolute atomic E-state index is 0.0594. The third-order valence-electron chi connectivity index (χ3n) is 6.24. The summed E-state index contributed by atoms with van der Waals surface area (Å²) in [7, 11) is 0. The van der Waals surface area contributed by atoms with Gasteiger partial charge < -0.3 is 19.7 Å². The maximum absolute atomic E-state index is 13.0. The molecular formula is C30H40N4O6S. The van der Waals surface area contributed by atoms with Crippen molar-refractivity contribution < 1.29 is 28.7 Å². The second kappa shape index (κ2) is 15.3. The van der Waals surface area contributed by atoms with Gasteiger partial charge in [-0.05, 0) is 62.4 Å². The zero-order chi connectivity index (χ0) is 29.8. The molecule has 0 aliphatic carbocycles. The number of unbranched alkanes of at least 4 members (excludes halogenated alkanes) is 1. The molecule has 222 valence electrons. The number of carbonyl (C=O) groups excluding carboxylic acids is 4. The minimum atomic E-state index is -1.03. The van der Waals surface area contributed by atoms with E-state index in [9.17, 15) is 19.2 Å². The van der Waals surface area contributed by atoms with Crippen molar-refractivity contribution >= 4 is 34.9 Å². The molecule has 41 heavy (non-hydrogen) atoms. The van der Waals surface area contributed by atoms with Gasteiger partial charge >= 0.3 is 6.09 Å². The average Bonchev–Trinajstić information content (AvgIpc) is 2.94. The van der Waals surface area contributed by atoms with Gasteiger partial charge in [0.05, 0.1) is 12.4 Å². The molecule has 1 aliphatic heterocycles. The molecule has 1 heterocycles. The van der Waals surface area contributed by atoms with Gasteiger partial charge in [-0.25, -0.2) is 4.79 Å². The van der Waals surface area contributed by atoms with E-state index in [0.29, 0.717) is 19.7 Å². The predicted molar refractivity (Wildman–Crippen MR) is 158 cm³/mol. The van der Waals surface area contributed by atoms with E-state index in [2.05, 4.69) is 29.2 Å². The summed E-state index contributed by atoms with van der Waals surface area (Å²) in [6.07, 6.45) is 2.15. The zero-order valence-electron chi connectivity index (χ0n) is 24.2. The number of nitrogens with zero attached hydrogens (tertiary/aromatic N) is 1. The van der Waals surface area contributed by atoms with Crippen LogP contribution in [0, 0.1) is 0 Å². The van der Waals surface area contributed by atoms with E-state index in [0.717, 1.165) is 47.9 Å². The van der Waals surface area contributed by atoms with E-state index in [1.807, 2.05) is 42.5 Å². The Bertz CT molecular complexity index is 1200. The van der Waals surface area contributed by atoms with Crippen molar-refractivity contribution in [3.63, 3.8) is 0 Å². The third kappa shape index (κ3) is 11.0. The lowest BCUT2D eigenvalue weighted by atomic mass is 10.00. The number of nitrogens with one attached hydrogen (secondary N) is 3. The highest BCUT2D eigenvalue weighted by Gasteiger charge is 2.26. The molecule has 0 saturated heterocycles. The van der Waals surface area contributed by atoms with Gasteiger partial charge in [0.15, 0.2) is 0 Å². The fourth-order valence-electron chi connectivity index (χ4n) is 4.11. The fourth-order valence-corrected chi connectivity index (χ4v) is 4.67. The van der Waals surface area contributed by atoms with Crippen molar-refractivity contribution in [1.82, 2.24) is 21.1 Å². The molecule has 0 aromatic heterocycles. The van der Waals surface area contributed by atoms with Crippen LogP contribution in [0.15, 0.2) is 48.5 Å². The molecule has 11 heteroatoms. The third-order valence-corrected chi connectivity index (χ3v) is 6.99. The van der Waals surface area contributed by atoms with Gasteiger partial charge in [0, 0.05) is 19.5 Å². The van der Waals surface area contributed by atoms with Crippen LogP contribution in [0.1, 0.15) is 57.2 Å². The van der Waals surface area contributed by atoms with Gasteiger partial charge in [-0.1, -0.05) is 61.5 Å². The van der Waals surface area contributed by atoms with Crippen molar-refractivity contribution in [1.29, 1.82) is 0 Å². The van der Waals surface area contributed by atoms with Gasteiger partial charge in [0.25, 0.3) is 11.1 Å². The Balaban J connectivity index is 1.52. The number of rotatable bonds is 10. The van der Waals surface area contributed by atoms with Crippen LogP contribution in [-0.2, 0) is 33.7 Å². The van der Waals surface area contributed by atoms with E-state index >= 15 is 0 Å². The molecule has 10 nitrogen and oxygen atoms in total. The SMILES string of the molecule is CCCCOc1ccc(C[C@H](NC(=O)OC(C)(C)C)C(=O)NNC(=O)SCC(=O)N2CCc3ccccc3C2)cc1. The Morgan fingerprint density at radius 2 is 1.71 bits per heavy atom. The van der Waals surface area contributed by atoms with Gasteiger partial charge in [-0.2, -0.15) is 0 Å². The van der Waals surface area contributed by atoms with Crippen LogP contribution in [-0.4, -0.2) is 58.6 Å². The Kier molecular flexibility index (Phi) is 11.9. The smallest absolute Gasteiger partial charge is 0.408 e. The van der Waals surface area contributed by atoms with E-state index in [1.54, 1.807) is 25.7 Å². The predicted octanol–water partition coefficient (Wildman–Crippen LogP) is 4.36. The van der Waals surface area contributed by atoms with Gasteiger partial charge in [0.1, 0.15) is 17.4 Å². The number of alkyl carbamates (subject to hydrolysis) is 1. The van der Waals surface area contributed by atoms with Crippen molar-refractivity contribution in [3.05, 3.63) is 65.2 Å². The Morgan fingerprint density at radius 1 is 1.00 bits per heavy atom. The van der Waals surface area contributed by atoms with Crippen molar-refractivity contribution in [2.75, 3.05) is 18.9 Å². The zero-order valence-corrected chi connectivity index (χ0v) is 25.0. The highest BCUT2D eigenvalue weighted by molar-refractivity contribution is 8.14. The Hall–Kier alpha value is -3.73. The molecule has 0 bridgehead atoms. The topological polar surface area (TPSA) is 126 Å². The lowest BCUT2D eigenvalue weighted by Crippen LogP contribution is -2.53. The number of hydrazine groups is 1. The van der Waals surface area contributed by atoms with Gasteiger partial charge in [0.2, 0.25) is 5.91 Å². The number of ether oxygens (including phenoxy) is 2. The molecule has 1 atom stereocenters. The summed E-state index contributed by atoms with van der Waals surface area (Å²) < 4.78 is 11.0. The molecule has 0 radical (unpaired) electrons. The van der Waals surface area contributed by atoms with E-state index in [-0.39, 0.29) is 18.1 Å². The van der Waals surface area contributed by atoms with Crippen LogP contribution in [0.3, 0.4) is 0 Å². The van der Waals surface area contributed by atoms with Crippen molar-refractivity contribution in [2.45, 2.75) is 71.6 Å². The number of fused-ring (bicyclic) bond motifs is 1. The number of thioether (sulfide) groups is 1. The summed E-state index contributed by atoms with van der Waals surface area (Å²) >= 11 is 0.767. The largest absolute Gasteiger partial charge is 0.494 e. The van der Waals surface area contributed by atoms with Crippen molar-refractivity contribution in [3.8, 4) is 5.75 Å². The van der Waals surface area contributed by atoms with Crippen LogP contribution < -0.4 is 20.9 Å². The lowest BCUT2D eigenvalue weighted by molar-refractivity contribution is -0.129. The number of benzene rings is 2. The molecule has 0 unspecified atom stereocenters. The first kappa shape index (κ1) is 31.8. The number of hydrogen-bond donors (Lipinski definition) is 3. The summed E-state index contributed by atoms with van der Waals surface area (Å²) in [5.41, 5.74) is 7.04. The summed E-state index contributed by atoms with van der Waals surface area (Å²) in [6.45, 7) is 8.98. The fraction of sp³-hybridized carbons (Fsp3) is 0.467. The van der Waals surface area contributed by atoms with Crippen LogP contribution in [0.4, 0.5) is 9.59 Å². The van der Waals surface area contributed by atoms with Crippen LogP contribution in [0.2, 0.25) is 0 Å². The first-order valence-corrected chi connectivity index (χ1v) is 14.8. The van der Waals surface area contributed by atoms with Crippen LogP contribution in [0.5, 0.6) is 5.75 Å². The maximum atomic E-state index is 13.0. The monoisotopic (exact) mass is 584 g/mol. The average molecular weight is 585 g/mol. The molecule has 0 spiro atoms. The molecule has 0 saturated carbocycles. The second-order valence-corrected chi connectivity index (χ2v) is 11.7. The molecule has 3 N–H and O–H groups in total. The molecule has 2 aromatic carbocycles. The number of hydrogen-bond acceptors (Lipinski definition) is 7. The molecule has 3 rings (SSSR count). The quantitative estimate of drug-likeness (QED) is 0.280. The first-order chi connectivity index (χ1) is 19.5. The van der Waals surface area contributed by atoms with Crippen molar-refractivity contribution in [2.24, 2.45) is 0 Å². The van der Waals surface area contributed by atoms with Gasteiger partial charge in [-0.15, -0.1) is 0 Å². The lowest BCUT2D eigenvalue weighted by Gasteiger charge is -2.28. The minimum Gasteiger partial charge on any atom is -0.494 e. The molecule has 4 amide bonds. The second-order valence-electron chi connectivity index (χ2n) is 10.8. The Labute approximate surface area is 245 Å². The van der Waals surface area contributed by atoms with E-state index < -0.39 is 28.9 Å². The first-order valence-electron chi connectivity index (χ1n) is 13.8. The summed E-state index contributed by atoms with van der Waals surface area (Å²) in [4.78, 5) is 52.2. The van der Waals surface area contributed by atoms with E-state index in [4.69, 9.17) is 9.47 Å².